The van der Waals surface area contributed by atoms with Gasteiger partial charge in [-0.1, -0.05) is 24.3 Å². The van der Waals surface area contributed by atoms with Crippen LogP contribution in [-0.2, 0) is 19.8 Å². The summed E-state index contributed by atoms with van der Waals surface area (Å²) < 4.78 is 22.2. The van der Waals surface area contributed by atoms with Crippen molar-refractivity contribution < 1.29 is 24.1 Å². The SMILES string of the molecule is COc1ccc(COc2cncc(CO)c2OCc2ccc(OC)cc2)cc1. The number of aliphatic hydroxyl groups is 1. The number of rotatable bonds is 9. The molecule has 6 heteroatoms. The number of benzene rings is 2. The zero-order valence-corrected chi connectivity index (χ0v) is 15.9. The fourth-order valence-electron chi connectivity index (χ4n) is 2.61. The Labute approximate surface area is 164 Å². The molecule has 0 unspecified atom stereocenters. The van der Waals surface area contributed by atoms with Crippen molar-refractivity contribution in [3.05, 3.63) is 77.6 Å². The van der Waals surface area contributed by atoms with Crippen molar-refractivity contribution in [2.75, 3.05) is 14.2 Å². The third-order valence-corrected chi connectivity index (χ3v) is 4.20. The first-order chi connectivity index (χ1) is 13.7. The summed E-state index contributed by atoms with van der Waals surface area (Å²) in [6.07, 6.45) is 3.16. The average molecular weight is 381 g/mol. The molecule has 0 fully saturated rings. The number of aliphatic hydroxyl groups excluding tert-OH is 1. The Hall–Kier alpha value is -3.25. The molecule has 0 bridgehead atoms. The first-order valence-electron chi connectivity index (χ1n) is 8.82. The highest BCUT2D eigenvalue weighted by Gasteiger charge is 2.12. The van der Waals surface area contributed by atoms with Crippen molar-refractivity contribution in [3.8, 4) is 23.0 Å². The summed E-state index contributed by atoms with van der Waals surface area (Å²) in [6, 6.07) is 15.2. The van der Waals surface area contributed by atoms with Gasteiger partial charge in [-0.2, -0.15) is 0 Å². The van der Waals surface area contributed by atoms with E-state index < -0.39 is 0 Å². The highest BCUT2D eigenvalue weighted by Crippen LogP contribution is 2.32. The van der Waals surface area contributed by atoms with E-state index in [0.29, 0.717) is 30.3 Å². The van der Waals surface area contributed by atoms with Crippen LogP contribution in [0.2, 0.25) is 0 Å². The zero-order chi connectivity index (χ0) is 19.8. The lowest BCUT2D eigenvalue weighted by Crippen LogP contribution is -2.04. The quantitative estimate of drug-likeness (QED) is 0.609. The molecule has 6 nitrogen and oxygen atoms in total. The van der Waals surface area contributed by atoms with E-state index in [1.807, 2.05) is 48.5 Å². The summed E-state index contributed by atoms with van der Waals surface area (Å²) in [5.74, 6) is 2.54. The van der Waals surface area contributed by atoms with Crippen LogP contribution in [0.1, 0.15) is 16.7 Å². The molecule has 1 N–H and O–H groups in total. The maximum Gasteiger partial charge on any atom is 0.180 e. The van der Waals surface area contributed by atoms with Crippen LogP contribution >= 0.6 is 0 Å². The Balaban J connectivity index is 1.71. The van der Waals surface area contributed by atoms with Crippen molar-refractivity contribution in [3.63, 3.8) is 0 Å². The lowest BCUT2D eigenvalue weighted by atomic mass is 10.2. The average Bonchev–Trinajstić information content (AvgIpc) is 2.77. The minimum absolute atomic E-state index is 0.190. The number of aromatic nitrogens is 1. The number of methoxy groups -OCH3 is 2. The number of ether oxygens (including phenoxy) is 4. The lowest BCUT2D eigenvalue weighted by molar-refractivity contribution is 0.235. The van der Waals surface area contributed by atoms with Gasteiger partial charge in [0, 0.05) is 11.8 Å². The molecule has 0 aliphatic carbocycles. The number of pyridine rings is 1. The van der Waals surface area contributed by atoms with Crippen LogP contribution in [0.3, 0.4) is 0 Å². The van der Waals surface area contributed by atoms with Gasteiger partial charge in [0.15, 0.2) is 11.5 Å². The second kappa shape index (κ2) is 9.62. The molecule has 0 saturated carbocycles. The van der Waals surface area contributed by atoms with Gasteiger partial charge >= 0.3 is 0 Å². The summed E-state index contributed by atoms with van der Waals surface area (Å²) in [6.45, 7) is 0.490. The normalized spacial score (nSPS) is 10.4. The van der Waals surface area contributed by atoms with Gasteiger partial charge in [0.25, 0.3) is 0 Å². The van der Waals surface area contributed by atoms with E-state index in [9.17, 15) is 5.11 Å². The molecular formula is C22H23NO5. The van der Waals surface area contributed by atoms with E-state index in [1.165, 1.54) is 0 Å². The molecule has 0 spiro atoms. The second-order valence-corrected chi connectivity index (χ2v) is 6.06. The maximum absolute atomic E-state index is 9.65. The van der Waals surface area contributed by atoms with Crippen LogP contribution in [0, 0.1) is 0 Å². The summed E-state index contributed by atoms with van der Waals surface area (Å²) >= 11 is 0. The van der Waals surface area contributed by atoms with E-state index in [4.69, 9.17) is 18.9 Å². The molecule has 2 aromatic carbocycles. The summed E-state index contributed by atoms with van der Waals surface area (Å²) in [5.41, 5.74) is 2.53. The van der Waals surface area contributed by atoms with Crippen molar-refractivity contribution in [2.24, 2.45) is 0 Å². The Morgan fingerprint density at radius 1 is 0.750 bits per heavy atom. The molecule has 3 aromatic rings. The molecule has 28 heavy (non-hydrogen) atoms. The highest BCUT2D eigenvalue weighted by atomic mass is 16.5. The molecule has 0 saturated heterocycles. The van der Waals surface area contributed by atoms with E-state index in [0.717, 1.165) is 22.6 Å². The standard InChI is InChI=1S/C22H23NO5/c1-25-19-7-3-16(4-8-19)14-27-21-12-23-11-18(13-24)22(21)28-15-17-5-9-20(26-2)10-6-17/h3-12,24H,13-15H2,1-2H3. The fourth-order valence-corrected chi connectivity index (χ4v) is 2.61. The van der Waals surface area contributed by atoms with Crippen LogP contribution in [-0.4, -0.2) is 24.3 Å². The van der Waals surface area contributed by atoms with Crippen LogP contribution in [0.4, 0.5) is 0 Å². The Morgan fingerprint density at radius 3 is 1.79 bits per heavy atom. The molecule has 0 radical (unpaired) electrons. The van der Waals surface area contributed by atoms with E-state index >= 15 is 0 Å². The molecule has 1 aromatic heterocycles. The van der Waals surface area contributed by atoms with Gasteiger partial charge in [0.05, 0.1) is 27.0 Å². The first-order valence-corrected chi connectivity index (χ1v) is 8.82. The molecule has 0 aliphatic rings. The van der Waals surface area contributed by atoms with Gasteiger partial charge in [-0.05, 0) is 35.4 Å². The van der Waals surface area contributed by atoms with Gasteiger partial charge in [0.1, 0.15) is 24.7 Å². The predicted molar refractivity (Wildman–Crippen MR) is 105 cm³/mol. The largest absolute Gasteiger partial charge is 0.497 e. The Morgan fingerprint density at radius 2 is 1.29 bits per heavy atom. The highest BCUT2D eigenvalue weighted by molar-refractivity contribution is 5.44. The van der Waals surface area contributed by atoms with Crippen molar-refractivity contribution in [1.29, 1.82) is 0 Å². The van der Waals surface area contributed by atoms with E-state index in [2.05, 4.69) is 4.98 Å². The minimum atomic E-state index is -0.190. The van der Waals surface area contributed by atoms with Gasteiger partial charge in [-0.3, -0.25) is 4.98 Å². The predicted octanol–water partition coefficient (Wildman–Crippen LogP) is 3.75. The molecule has 0 aliphatic heterocycles. The number of nitrogens with zero attached hydrogens (tertiary/aromatic N) is 1. The van der Waals surface area contributed by atoms with Gasteiger partial charge in [0.2, 0.25) is 0 Å². The van der Waals surface area contributed by atoms with Crippen LogP contribution in [0.5, 0.6) is 23.0 Å². The lowest BCUT2D eigenvalue weighted by Gasteiger charge is -2.15. The zero-order valence-electron chi connectivity index (χ0n) is 15.9. The summed E-state index contributed by atoms with van der Waals surface area (Å²) in [4.78, 5) is 4.13. The number of hydrogen-bond acceptors (Lipinski definition) is 6. The minimum Gasteiger partial charge on any atom is -0.497 e. The molecule has 3 rings (SSSR count). The topological polar surface area (TPSA) is 70.0 Å². The van der Waals surface area contributed by atoms with Gasteiger partial charge in [-0.15, -0.1) is 0 Å². The van der Waals surface area contributed by atoms with Crippen molar-refractivity contribution >= 4 is 0 Å². The number of hydrogen-bond donors (Lipinski definition) is 1. The summed E-state index contributed by atoms with van der Waals surface area (Å²) in [5, 5.41) is 9.65. The van der Waals surface area contributed by atoms with E-state index in [1.54, 1.807) is 26.6 Å². The third-order valence-electron chi connectivity index (χ3n) is 4.20. The van der Waals surface area contributed by atoms with Crippen LogP contribution in [0.25, 0.3) is 0 Å². The van der Waals surface area contributed by atoms with Gasteiger partial charge in [-0.25, -0.2) is 0 Å². The molecule has 1 heterocycles. The monoisotopic (exact) mass is 381 g/mol. The molecule has 0 amide bonds. The Bertz CT molecular complexity index is 878. The fraction of sp³-hybridized carbons (Fsp3) is 0.227. The van der Waals surface area contributed by atoms with E-state index in [-0.39, 0.29) is 6.61 Å². The van der Waals surface area contributed by atoms with Crippen LogP contribution in [0.15, 0.2) is 60.9 Å². The van der Waals surface area contributed by atoms with Crippen molar-refractivity contribution in [1.82, 2.24) is 4.98 Å². The second-order valence-electron chi connectivity index (χ2n) is 6.06. The van der Waals surface area contributed by atoms with Gasteiger partial charge < -0.3 is 24.1 Å². The smallest absolute Gasteiger partial charge is 0.180 e. The van der Waals surface area contributed by atoms with Crippen molar-refractivity contribution in [2.45, 2.75) is 19.8 Å². The third kappa shape index (κ3) is 4.92. The Kier molecular flexibility index (Phi) is 6.70. The molecule has 0 atom stereocenters. The summed E-state index contributed by atoms with van der Waals surface area (Å²) in [7, 11) is 3.26. The molecular weight excluding hydrogens is 358 g/mol. The van der Waals surface area contributed by atoms with Crippen LogP contribution < -0.4 is 18.9 Å². The first kappa shape index (κ1) is 19.5. The molecule has 146 valence electrons. The maximum atomic E-state index is 9.65.